The molecule has 0 atom stereocenters. The van der Waals surface area contributed by atoms with Crippen LogP contribution in [-0.2, 0) is 16.0 Å². The van der Waals surface area contributed by atoms with E-state index in [-0.39, 0.29) is 0 Å². The number of fused-ring (bicyclic) bond motifs is 4. The lowest BCUT2D eigenvalue weighted by Gasteiger charge is -2.34. The first-order valence-electron chi connectivity index (χ1n) is 8.58. The van der Waals surface area contributed by atoms with Crippen molar-refractivity contribution in [2.24, 2.45) is 0 Å². The Morgan fingerprint density at radius 2 is 1.81 bits per heavy atom. The fourth-order valence-corrected chi connectivity index (χ4v) is 3.78. The second-order valence-corrected chi connectivity index (χ2v) is 6.34. The van der Waals surface area contributed by atoms with Gasteiger partial charge in [0.05, 0.1) is 52.7 Å². The number of hydrogen-bond donors (Lipinski definition) is 0. The van der Waals surface area contributed by atoms with Crippen molar-refractivity contribution in [1.29, 1.82) is 0 Å². The number of piperidine rings is 1. The Morgan fingerprint density at radius 3 is 2.50 bits per heavy atom. The molecule has 0 amide bonds. The summed E-state index contributed by atoms with van der Waals surface area (Å²) in [7, 11) is 6.65. The van der Waals surface area contributed by atoms with Gasteiger partial charge in [-0.25, -0.2) is 0 Å². The highest BCUT2D eigenvalue weighted by Gasteiger charge is 2.38. The fraction of sp³-hybridized carbons (Fsp3) is 0.333. The minimum absolute atomic E-state index is 0.632. The molecule has 1 saturated heterocycles. The topological polar surface area (TPSA) is 40.2 Å². The predicted octanol–water partition coefficient (Wildman–Crippen LogP) is 3.44. The lowest BCUT2D eigenvalue weighted by Crippen LogP contribution is -2.33. The van der Waals surface area contributed by atoms with E-state index in [0.717, 1.165) is 59.2 Å². The van der Waals surface area contributed by atoms with Crippen LogP contribution in [0.5, 0.6) is 11.5 Å². The smallest absolute Gasteiger partial charge is 0.303 e. The Balaban J connectivity index is 1.83. The van der Waals surface area contributed by atoms with Crippen molar-refractivity contribution >= 4 is 6.08 Å². The van der Waals surface area contributed by atoms with Crippen molar-refractivity contribution in [3.8, 4) is 11.5 Å². The van der Waals surface area contributed by atoms with Gasteiger partial charge in [-0.05, 0) is 17.7 Å². The molecule has 1 fully saturated rings. The Kier molecular flexibility index (Phi) is 4.09. The van der Waals surface area contributed by atoms with Gasteiger partial charge in [-0.15, -0.1) is 0 Å². The Labute approximate surface area is 153 Å². The monoisotopic (exact) mass is 352 g/mol. The Morgan fingerprint density at radius 1 is 0.962 bits per heavy atom. The van der Waals surface area contributed by atoms with E-state index in [4.69, 9.17) is 18.9 Å². The lowest BCUT2D eigenvalue weighted by atomic mass is 9.86. The van der Waals surface area contributed by atoms with Gasteiger partial charge < -0.3 is 23.8 Å². The normalized spacial score (nSPS) is 17.7. The van der Waals surface area contributed by atoms with E-state index in [1.165, 1.54) is 5.57 Å². The maximum absolute atomic E-state index is 5.63. The molecule has 5 nitrogen and oxygen atoms in total. The third-order valence-electron chi connectivity index (χ3n) is 5.09. The number of benzene rings is 1. The lowest BCUT2D eigenvalue weighted by molar-refractivity contribution is 0.235. The summed E-state index contributed by atoms with van der Waals surface area (Å²) in [5.41, 5.74) is 5.76. The molecule has 0 N–H and O–H groups in total. The van der Waals surface area contributed by atoms with Crippen LogP contribution in [0, 0.1) is 6.08 Å². The van der Waals surface area contributed by atoms with Crippen molar-refractivity contribution in [1.82, 2.24) is 4.90 Å². The summed E-state index contributed by atoms with van der Waals surface area (Å²) < 4.78 is 22.0. The molecule has 0 bridgehead atoms. The second-order valence-electron chi connectivity index (χ2n) is 6.34. The van der Waals surface area contributed by atoms with Crippen LogP contribution in [0.3, 0.4) is 0 Å². The van der Waals surface area contributed by atoms with Gasteiger partial charge in [-0.2, -0.15) is 0 Å². The zero-order chi connectivity index (χ0) is 18.3. The zero-order valence-electron chi connectivity index (χ0n) is 15.5. The molecule has 2 heterocycles. The molecule has 1 aliphatic carbocycles. The average molecular weight is 352 g/mol. The number of allylic oxidation sites excluding steroid dienone is 3. The molecule has 3 aliphatic rings. The van der Waals surface area contributed by atoms with Crippen molar-refractivity contribution in [2.45, 2.75) is 13.0 Å². The van der Waals surface area contributed by atoms with Crippen LogP contribution in [0.4, 0.5) is 0 Å². The standard InChI is InChI=1S/C21H22NO4/c1-23-18-6-5-13-9-17-15-11-20(25-3)19(24-2)10-14(15)7-8-22(17)12-16(13)21(18)26-4/h5-6,9-10H,7-8,12H2,1-4H3/q+1. The van der Waals surface area contributed by atoms with Gasteiger partial charge in [0.25, 0.3) is 5.76 Å². The zero-order valence-corrected chi connectivity index (χ0v) is 15.5. The summed E-state index contributed by atoms with van der Waals surface area (Å²) in [5, 5.41) is 0. The van der Waals surface area contributed by atoms with Crippen molar-refractivity contribution < 1.29 is 18.9 Å². The second kappa shape index (κ2) is 6.43. The largest absolute Gasteiger partial charge is 0.493 e. The Hall–Kier alpha value is -2.91. The molecule has 1 aromatic carbocycles. The van der Waals surface area contributed by atoms with Gasteiger partial charge in [0.15, 0.2) is 17.1 Å². The molecule has 2 aliphatic heterocycles. The van der Waals surface area contributed by atoms with Crippen LogP contribution in [0.25, 0.3) is 6.08 Å². The van der Waals surface area contributed by atoms with E-state index < -0.39 is 0 Å². The number of methoxy groups -OCH3 is 4. The molecule has 0 spiro atoms. The van der Waals surface area contributed by atoms with Crippen molar-refractivity contribution in [2.75, 3.05) is 35.0 Å². The van der Waals surface area contributed by atoms with Gasteiger partial charge >= 0.3 is 5.76 Å². The molecule has 0 saturated carbocycles. The van der Waals surface area contributed by atoms with Gasteiger partial charge in [-0.1, -0.05) is 0 Å². The fourth-order valence-electron chi connectivity index (χ4n) is 3.78. The third-order valence-corrected chi connectivity index (χ3v) is 5.09. The van der Waals surface area contributed by atoms with Crippen molar-refractivity contribution in [3.63, 3.8) is 0 Å². The SMILES string of the molecule is COC1=C(OC)C=C2CCN3Cc4c(ccc(OC)c4OC)C=C3C2=[C+]1. The summed E-state index contributed by atoms with van der Waals surface area (Å²) in [6, 6.07) is 4.03. The number of rotatable bonds is 4. The van der Waals surface area contributed by atoms with Crippen LogP contribution in [-0.4, -0.2) is 39.9 Å². The van der Waals surface area contributed by atoms with E-state index in [2.05, 4.69) is 29.2 Å². The first-order valence-corrected chi connectivity index (χ1v) is 8.58. The van der Waals surface area contributed by atoms with Crippen LogP contribution >= 0.6 is 0 Å². The molecule has 0 unspecified atom stereocenters. The number of hydrogen-bond acceptors (Lipinski definition) is 5. The molecule has 134 valence electrons. The molecular formula is C21H22NO4+. The summed E-state index contributed by atoms with van der Waals surface area (Å²) in [6.45, 7) is 1.71. The Bertz CT molecular complexity index is 876. The maximum Gasteiger partial charge on any atom is 0.303 e. The van der Waals surface area contributed by atoms with Crippen LogP contribution in [0.15, 0.2) is 46.6 Å². The summed E-state index contributed by atoms with van der Waals surface area (Å²) in [5.74, 6) is 2.93. The molecule has 26 heavy (non-hydrogen) atoms. The molecule has 0 radical (unpaired) electrons. The predicted molar refractivity (Wildman–Crippen MR) is 98.4 cm³/mol. The first kappa shape index (κ1) is 16.6. The van der Waals surface area contributed by atoms with E-state index in [1.54, 1.807) is 28.4 Å². The summed E-state index contributed by atoms with van der Waals surface area (Å²) in [4.78, 5) is 2.36. The highest BCUT2D eigenvalue weighted by molar-refractivity contribution is 5.71. The van der Waals surface area contributed by atoms with Gasteiger partial charge in [0, 0.05) is 24.6 Å². The highest BCUT2D eigenvalue weighted by atomic mass is 16.5. The number of nitrogens with zero attached hydrogens (tertiary/aromatic N) is 1. The van der Waals surface area contributed by atoms with E-state index >= 15 is 0 Å². The van der Waals surface area contributed by atoms with Gasteiger partial charge in [-0.3, -0.25) is 0 Å². The number of ether oxygens (including phenoxy) is 4. The van der Waals surface area contributed by atoms with Gasteiger partial charge in [0.1, 0.15) is 5.70 Å². The average Bonchev–Trinajstić information content (AvgIpc) is 2.70. The highest BCUT2D eigenvalue weighted by Crippen LogP contribution is 2.44. The summed E-state index contributed by atoms with van der Waals surface area (Å²) in [6.07, 6.45) is 8.60. The van der Waals surface area contributed by atoms with E-state index in [0.29, 0.717) is 5.76 Å². The van der Waals surface area contributed by atoms with Gasteiger partial charge in [0.2, 0.25) is 0 Å². The molecule has 1 aromatic rings. The van der Waals surface area contributed by atoms with Crippen LogP contribution in [0.1, 0.15) is 17.5 Å². The molecular weight excluding hydrogens is 330 g/mol. The van der Waals surface area contributed by atoms with Crippen LogP contribution in [0.2, 0.25) is 0 Å². The molecule has 5 heteroatoms. The van der Waals surface area contributed by atoms with Crippen molar-refractivity contribution in [3.05, 3.63) is 63.8 Å². The van der Waals surface area contributed by atoms with E-state index in [1.807, 2.05) is 6.07 Å². The van der Waals surface area contributed by atoms with E-state index in [9.17, 15) is 0 Å². The quantitative estimate of drug-likeness (QED) is 0.777. The summed E-state index contributed by atoms with van der Waals surface area (Å²) >= 11 is 0. The minimum atomic E-state index is 0.632. The molecule has 0 aromatic heterocycles. The minimum Gasteiger partial charge on any atom is -0.493 e. The maximum atomic E-state index is 5.63. The third kappa shape index (κ3) is 2.44. The first-order chi connectivity index (χ1) is 12.7. The van der Waals surface area contributed by atoms with Crippen LogP contribution < -0.4 is 9.47 Å². The molecule has 4 rings (SSSR count).